The predicted molar refractivity (Wildman–Crippen MR) is 83.0 cm³/mol. The predicted octanol–water partition coefficient (Wildman–Crippen LogP) is 3.22. The van der Waals surface area contributed by atoms with Gasteiger partial charge in [-0.15, -0.1) is 0 Å². The summed E-state index contributed by atoms with van der Waals surface area (Å²) in [6.07, 6.45) is 1.34. The van der Waals surface area contributed by atoms with Crippen LogP contribution in [-0.4, -0.2) is 23.8 Å². The molecule has 2 amide bonds. The monoisotopic (exact) mass is 278 g/mol. The van der Waals surface area contributed by atoms with Gasteiger partial charge in [0.1, 0.15) is 0 Å². The number of hydrogen-bond acceptors (Lipinski definition) is 2. The summed E-state index contributed by atoms with van der Waals surface area (Å²) in [6, 6.07) is 5.65. The molecule has 0 spiro atoms. The number of hydrogen-bond donors (Lipinski definition) is 3. The molecule has 112 valence electrons. The number of urea groups is 1. The fraction of sp³-hybridized carbons (Fsp3) is 0.562. The number of nitrogens with one attached hydrogen (secondary N) is 2. The Morgan fingerprint density at radius 1 is 1.25 bits per heavy atom. The highest BCUT2D eigenvalue weighted by Gasteiger charge is 2.16. The largest absolute Gasteiger partial charge is 0.391 e. The van der Waals surface area contributed by atoms with E-state index in [1.165, 1.54) is 0 Å². The Morgan fingerprint density at radius 2 is 1.90 bits per heavy atom. The zero-order valence-corrected chi connectivity index (χ0v) is 12.9. The molecule has 1 aromatic carbocycles. The van der Waals surface area contributed by atoms with E-state index in [0.29, 0.717) is 0 Å². The van der Waals surface area contributed by atoms with Crippen LogP contribution in [0.2, 0.25) is 0 Å². The summed E-state index contributed by atoms with van der Waals surface area (Å²) in [5.74, 6) is 0.232. The Bertz CT molecular complexity index is 442. The maximum atomic E-state index is 11.8. The van der Waals surface area contributed by atoms with Gasteiger partial charge in [-0.2, -0.15) is 0 Å². The molecule has 0 radical (unpaired) electrons. The first-order chi connectivity index (χ1) is 9.47. The van der Waals surface area contributed by atoms with Crippen molar-refractivity contribution in [2.45, 2.75) is 46.6 Å². The molecule has 20 heavy (non-hydrogen) atoms. The summed E-state index contributed by atoms with van der Waals surface area (Å²) >= 11 is 0. The number of carbonyl (C=O) groups excluding carboxylic acids is 1. The van der Waals surface area contributed by atoms with Gasteiger partial charge in [-0.05, 0) is 37.0 Å². The molecule has 4 nitrogen and oxygen atoms in total. The standard InChI is InChI=1S/C16H26N2O2/c1-5-13(6-2)15(19)10-17-16(20)18-14-9-11(3)7-8-12(14)4/h7-9,13,15,19H,5-6,10H2,1-4H3,(H2,17,18,20). The molecule has 0 aliphatic heterocycles. The van der Waals surface area contributed by atoms with E-state index in [2.05, 4.69) is 10.6 Å². The summed E-state index contributed by atoms with van der Waals surface area (Å²) in [6.45, 7) is 8.32. The normalized spacial score (nSPS) is 12.3. The minimum atomic E-state index is -0.491. The lowest BCUT2D eigenvalue weighted by atomic mass is 9.97. The third-order valence-corrected chi connectivity index (χ3v) is 3.71. The summed E-state index contributed by atoms with van der Waals surface area (Å²) in [7, 11) is 0. The van der Waals surface area contributed by atoms with Crippen LogP contribution in [0, 0.1) is 19.8 Å². The van der Waals surface area contributed by atoms with Crippen molar-refractivity contribution in [3.05, 3.63) is 29.3 Å². The van der Waals surface area contributed by atoms with E-state index in [0.717, 1.165) is 29.7 Å². The number of aliphatic hydroxyl groups excluding tert-OH is 1. The number of benzene rings is 1. The van der Waals surface area contributed by atoms with Crippen molar-refractivity contribution < 1.29 is 9.90 Å². The van der Waals surface area contributed by atoms with E-state index in [4.69, 9.17) is 0 Å². The van der Waals surface area contributed by atoms with Gasteiger partial charge in [-0.3, -0.25) is 0 Å². The van der Waals surface area contributed by atoms with Crippen molar-refractivity contribution in [2.75, 3.05) is 11.9 Å². The number of amides is 2. The minimum Gasteiger partial charge on any atom is -0.391 e. The SMILES string of the molecule is CCC(CC)C(O)CNC(=O)Nc1cc(C)ccc1C. The smallest absolute Gasteiger partial charge is 0.319 e. The van der Waals surface area contributed by atoms with Gasteiger partial charge in [0.2, 0.25) is 0 Å². The molecule has 1 rings (SSSR count). The molecule has 0 aliphatic rings. The number of carbonyl (C=O) groups is 1. The molecule has 1 aromatic rings. The molecule has 0 aliphatic carbocycles. The fourth-order valence-corrected chi connectivity index (χ4v) is 2.23. The second-order valence-corrected chi connectivity index (χ2v) is 5.30. The first-order valence-corrected chi connectivity index (χ1v) is 7.28. The molecule has 0 saturated heterocycles. The maximum absolute atomic E-state index is 11.8. The Balaban J connectivity index is 2.50. The summed E-state index contributed by atoms with van der Waals surface area (Å²) in [5, 5.41) is 15.5. The van der Waals surface area contributed by atoms with Crippen LogP contribution in [0.3, 0.4) is 0 Å². The average Bonchev–Trinajstić information content (AvgIpc) is 2.42. The molecular weight excluding hydrogens is 252 g/mol. The molecule has 0 aromatic heterocycles. The summed E-state index contributed by atoms with van der Waals surface area (Å²) in [5.41, 5.74) is 2.92. The summed E-state index contributed by atoms with van der Waals surface area (Å²) < 4.78 is 0. The van der Waals surface area contributed by atoms with Crippen LogP contribution in [0.25, 0.3) is 0 Å². The van der Waals surface area contributed by atoms with E-state index in [1.54, 1.807) is 0 Å². The molecule has 3 N–H and O–H groups in total. The van der Waals surface area contributed by atoms with Crippen molar-refractivity contribution in [2.24, 2.45) is 5.92 Å². The van der Waals surface area contributed by atoms with Gasteiger partial charge in [0, 0.05) is 12.2 Å². The van der Waals surface area contributed by atoms with Crippen molar-refractivity contribution in [3.63, 3.8) is 0 Å². The van der Waals surface area contributed by atoms with E-state index in [1.807, 2.05) is 45.9 Å². The van der Waals surface area contributed by atoms with Gasteiger partial charge in [0.05, 0.1) is 6.10 Å². The van der Waals surface area contributed by atoms with Crippen LogP contribution in [-0.2, 0) is 0 Å². The van der Waals surface area contributed by atoms with E-state index < -0.39 is 6.10 Å². The lowest BCUT2D eigenvalue weighted by molar-refractivity contribution is 0.104. The third kappa shape index (κ3) is 4.85. The molecule has 4 heteroatoms. The lowest BCUT2D eigenvalue weighted by Gasteiger charge is -2.20. The van der Waals surface area contributed by atoms with Crippen LogP contribution in [0.5, 0.6) is 0 Å². The second kappa shape index (κ2) is 7.90. The van der Waals surface area contributed by atoms with Crippen LogP contribution >= 0.6 is 0 Å². The quantitative estimate of drug-likeness (QED) is 0.748. The highest BCUT2D eigenvalue weighted by atomic mass is 16.3. The highest BCUT2D eigenvalue weighted by molar-refractivity contribution is 5.90. The van der Waals surface area contributed by atoms with E-state index >= 15 is 0 Å². The van der Waals surface area contributed by atoms with Crippen molar-refractivity contribution in [1.82, 2.24) is 5.32 Å². The number of anilines is 1. The number of aliphatic hydroxyl groups is 1. The Morgan fingerprint density at radius 3 is 2.50 bits per heavy atom. The first-order valence-electron chi connectivity index (χ1n) is 7.28. The van der Waals surface area contributed by atoms with Crippen LogP contribution < -0.4 is 10.6 Å². The van der Waals surface area contributed by atoms with Crippen LogP contribution in [0.4, 0.5) is 10.5 Å². The van der Waals surface area contributed by atoms with Crippen LogP contribution in [0.15, 0.2) is 18.2 Å². The van der Waals surface area contributed by atoms with Gasteiger partial charge in [-0.25, -0.2) is 4.79 Å². The van der Waals surface area contributed by atoms with Crippen LogP contribution in [0.1, 0.15) is 37.8 Å². The molecule has 0 bridgehead atoms. The van der Waals surface area contributed by atoms with E-state index in [9.17, 15) is 9.90 Å². The molecule has 0 saturated carbocycles. The average molecular weight is 278 g/mol. The van der Waals surface area contributed by atoms with Crippen molar-refractivity contribution >= 4 is 11.7 Å². The topological polar surface area (TPSA) is 61.4 Å². The number of aryl methyl sites for hydroxylation is 2. The van der Waals surface area contributed by atoms with Crippen molar-refractivity contribution in [3.8, 4) is 0 Å². The molecule has 1 unspecified atom stereocenters. The van der Waals surface area contributed by atoms with Crippen molar-refractivity contribution in [1.29, 1.82) is 0 Å². The first kappa shape index (κ1) is 16.5. The lowest BCUT2D eigenvalue weighted by Crippen LogP contribution is -2.38. The fourth-order valence-electron chi connectivity index (χ4n) is 2.23. The number of rotatable bonds is 6. The second-order valence-electron chi connectivity index (χ2n) is 5.30. The Kier molecular flexibility index (Phi) is 6.52. The van der Waals surface area contributed by atoms with E-state index in [-0.39, 0.29) is 18.5 Å². The zero-order valence-electron chi connectivity index (χ0n) is 12.9. The third-order valence-electron chi connectivity index (χ3n) is 3.71. The molecule has 0 fully saturated rings. The van der Waals surface area contributed by atoms with Gasteiger partial charge in [-0.1, -0.05) is 38.8 Å². The van der Waals surface area contributed by atoms with Gasteiger partial charge in [0.15, 0.2) is 0 Å². The highest BCUT2D eigenvalue weighted by Crippen LogP contribution is 2.16. The Labute approximate surface area is 121 Å². The van der Waals surface area contributed by atoms with Gasteiger partial charge < -0.3 is 15.7 Å². The molecule has 1 atom stereocenters. The minimum absolute atomic E-state index is 0.232. The summed E-state index contributed by atoms with van der Waals surface area (Å²) in [4.78, 5) is 11.8. The van der Waals surface area contributed by atoms with Gasteiger partial charge in [0.25, 0.3) is 0 Å². The zero-order chi connectivity index (χ0) is 15.1. The molecular formula is C16H26N2O2. The Hall–Kier alpha value is -1.55. The maximum Gasteiger partial charge on any atom is 0.319 e. The molecule has 0 heterocycles. The van der Waals surface area contributed by atoms with Gasteiger partial charge >= 0.3 is 6.03 Å².